The summed E-state index contributed by atoms with van der Waals surface area (Å²) in [6, 6.07) is 7.33. The summed E-state index contributed by atoms with van der Waals surface area (Å²) in [5.74, 6) is -1.22. The Morgan fingerprint density at radius 3 is 2.26 bits per heavy atom. The monoisotopic (exact) mass is 593 g/mol. The minimum absolute atomic E-state index is 0.000176. The topological polar surface area (TPSA) is 120 Å². The highest BCUT2D eigenvalue weighted by Crippen LogP contribution is 2.53. The number of likely N-dealkylation sites (tertiary alicyclic amines) is 2. The number of carbonyl (C=O) groups is 3. The Morgan fingerprint density at radius 1 is 0.907 bits per heavy atom. The molecule has 3 aliphatic carbocycles. The predicted octanol–water partition coefficient (Wildman–Crippen LogP) is 3.66. The number of hydrogen-bond acceptors (Lipinski definition) is 5. The van der Waals surface area contributed by atoms with Gasteiger partial charge in [-0.3, -0.25) is 9.59 Å². The number of amides is 4. The van der Waals surface area contributed by atoms with Crippen molar-refractivity contribution in [2.24, 2.45) is 23.0 Å². The Morgan fingerprint density at radius 2 is 1.60 bits per heavy atom. The van der Waals surface area contributed by atoms with Crippen LogP contribution in [0.1, 0.15) is 96.0 Å². The van der Waals surface area contributed by atoms with E-state index >= 15 is 0 Å². The van der Waals surface area contributed by atoms with Crippen LogP contribution in [0.15, 0.2) is 24.3 Å². The summed E-state index contributed by atoms with van der Waals surface area (Å²) in [5.41, 5.74) is 8.23. The van der Waals surface area contributed by atoms with Crippen molar-refractivity contribution in [2.45, 2.75) is 115 Å². The van der Waals surface area contributed by atoms with Crippen LogP contribution >= 0.6 is 0 Å². The Hall–Kier alpha value is -2.65. The summed E-state index contributed by atoms with van der Waals surface area (Å²) < 4.78 is 8.67. The zero-order chi connectivity index (χ0) is 30.7. The molecule has 2 heterocycles. The number of carbonyl (C=O) groups excluding carboxylic acids is 3. The van der Waals surface area contributed by atoms with E-state index in [2.05, 4.69) is 16.0 Å². The molecule has 1 aromatic rings. The standard InChI is InChI=1S/C34H52N6O3/c35-21-25-8-10-26(11-9-25)22-36-31(41)28-23-40(32(42)30(20-24-6-7-24)37-27-4-2-1-3-5-27)17-12-29(28)38-33(43)39-18-15-34(13-14-34)16-19-39/h8-11,24,27-30,37H,1-7,12-23,35H2,(H,36,41)(H,38,43)/t28-,29+,30-/m0/s1/i24D. The minimum atomic E-state index is -0.555. The van der Waals surface area contributed by atoms with Crippen molar-refractivity contribution in [2.75, 3.05) is 26.2 Å². The first-order chi connectivity index (χ1) is 21.2. The third-order valence-electron chi connectivity index (χ3n) is 10.8. The molecule has 9 nitrogen and oxygen atoms in total. The van der Waals surface area contributed by atoms with E-state index in [9.17, 15) is 14.4 Å². The molecule has 3 atom stereocenters. The van der Waals surface area contributed by atoms with Crippen LogP contribution in [0.2, 0.25) is 0 Å². The van der Waals surface area contributed by atoms with Gasteiger partial charge in [-0.1, -0.05) is 56.4 Å². The van der Waals surface area contributed by atoms with Gasteiger partial charge in [-0.2, -0.15) is 0 Å². The lowest BCUT2D eigenvalue weighted by atomic mass is 9.89. The molecule has 0 radical (unpaired) electrons. The fourth-order valence-corrected chi connectivity index (χ4v) is 7.39. The second kappa shape index (κ2) is 13.6. The van der Waals surface area contributed by atoms with E-state index in [-0.39, 0.29) is 30.4 Å². The number of benzene rings is 1. The number of piperidine rings is 2. The Kier molecular flexibility index (Phi) is 9.17. The van der Waals surface area contributed by atoms with E-state index in [0.29, 0.717) is 43.9 Å². The molecule has 43 heavy (non-hydrogen) atoms. The van der Waals surface area contributed by atoms with Crippen LogP contribution in [0.4, 0.5) is 4.79 Å². The fraction of sp³-hybridized carbons (Fsp3) is 0.735. The molecule has 4 amide bonds. The van der Waals surface area contributed by atoms with Crippen LogP contribution in [0.5, 0.6) is 0 Å². The van der Waals surface area contributed by atoms with Crippen LogP contribution < -0.4 is 21.7 Å². The lowest BCUT2D eigenvalue weighted by molar-refractivity contribution is -0.138. The second-order valence-electron chi connectivity index (χ2n) is 14.0. The summed E-state index contributed by atoms with van der Waals surface area (Å²) >= 11 is 0. The Balaban J connectivity index is 1.13. The number of rotatable bonds is 10. The van der Waals surface area contributed by atoms with E-state index in [1.54, 1.807) is 0 Å². The van der Waals surface area contributed by atoms with Gasteiger partial charge >= 0.3 is 6.03 Å². The zero-order valence-corrected chi connectivity index (χ0v) is 25.8. The molecular weight excluding hydrogens is 540 g/mol. The number of nitrogens with zero attached hydrogens (tertiary/aromatic N) is 2. The molecular formula is C34H52N6O3. The molecule has 5 aliphatic rings. The van der Waals surface area contributed by atoms with Crippen molar-refractivity contribution < 1.29 is 15.8 Å². The van der Waals surface area contributed by atoms with Gasteiger partial charge in [0.25, 0.3) is 0 Å². The van der Waals surface area contributed by atoms with Crippen molar-refractivity contribution in [3.63, 3.8) is 0 Å². The first-order valence-electron chi connectivity index (χ1n) is 17.4. The molecule has 6 rings (SSSR count). The van der Waals surface area contributed by atoms with Gasteiger partial charge in [0, 0.05) is 52.7 Å². The number of hydrogen-bond donors (Lipinski definition) is 4. The highest BCUT2D eigenvalue weighted by molar-refractivity contribution is 5.85. The number of nitrogens with two attached hydrogens (primary N) is 1. The maximum Gasteiger partial charge on any atom is 0.317 e. The van der Waals surface area contributed by atoms with Crippen LogP contribution in [0, 0.1) is 17.2 Å². The lowest BCUT2D eigenvalue weighted by Crippen LogP contribution is -2.61. The fourth-order valence-electron chi connectivity index (χ4n) is 7.39. The largest absolute Gasteiger partial charge is 0.352 e. The molecule has 1 aromatic carbocycles. The molecule has 2 aliphatic heterocycles. The van der Waals surface area contributed by atoms with Crippen LogP contribution in [-0.4, -0.2) is 71.9 Å². The van der Waals surface area contributed by atoms with Crippen molar-refractivity contribution >= 4 is 17.8 Å². The normalized spacial score (nSPS) is 27.2. The van der Waals surface area contributed by atoms with Gasteiger partial charge in [-0.15, -0.1) is 0 Å². The van der Waals surface area contributed by atoms with Crippen molar-refractivity contribution in [1.82, 2.24) is 25.8 Å². The van der Waals surface area contributed by atoms with Crippen molar-refractivity contribution in [1.29, 1.82) is 0 Å². The summed E-state index contributed by atoms with van der Waals surface area (Å²) in [5, 5.41) is 9.95. The molecule has 3 saturated carbocycles. The summed E-state index contributed by atoms with van der Waals surface area (Å²) in [7, 11) is 0. The maximum absolute atomic E-state index is 14.1. The van der Waals surface area contributed by atoms with Crippen molar-refractivity contribution in [3.8, 4) is 0 Å². The molecule has 5 N–H and O–H groups in total. The zero-order valence-electron chi connectivity index (χ0n) is 26.8. The molecule has 0 unspecified atom stereocenters. The molecule has 236 valence electrons. The smallest absolute Gasteiger partial charge is 0.317 e. The van der Waals surface area contributed by atoms with Crippen LogP contribution in [-0.2, 0) is 22.7 Å². The Labute approximate surface area is 258 Å². The predicted molar refractivity (Wildman–Crippen MR) is 167 cm³/mol. The van der Waals surface area contributed by atoms with E-state index in [1.807, 2.05) is 34.1 Å². The van der Waals surface area contributed by atoms with Crippen LogP contribution in [0.3, 0.4) is 0 Å². The molecule has 0 bridgehead atoms. The molecule has 0 aromatic heterocycles. The van der Waals surface area contributed by atoms with E-state index in [0.717, 1.165) is 62.7 Å². The number of nitrogens with one attached hydrogen (secondary N) is 3. The quantitative estimate of drug-likeness (QED) is 0.330. The lowest BCUT2D eigenvalue weighted by Gasteiger charge is -2.41. The third kappa shape index (κ3) is 7.90. The highest BCUT2D eigenvalue weighted by Gasteiger charge is 2.46. The van der Waals surface area contributed by atoms with Crippen molar-refractivity contribution in [3.05, 3.63) is 35.4 Å². The van der Waals surface area contributed by atoms with Gasteiger partial charge in [0.05, 0.1) is 12.0 Å². The summed E-state index contributed by atoms with van der Waals surface area (Å²) in [6.07, 6.45) is 13.1. The SMILES string of the molecule is [2H]C1(C[C@H](NC2CCCCC2)C(=O)N2CC[C@@H](NC(=O)N3CCC4(CC3)CC4)[C@@H](C(=O)NCc3ccc(CN)cc3)C2)CC1. The maximum atomic E-state index is 14.1. The van der Waals surface area contributed by atoms with E-state index in [1.165, 1.54) is 32.1 Å². The second-order valence-corrected chi connectivity index (χ2v) is 14.0. The van der Waals surface area contributed by atoms with Gasteiger partial charge in [0.2, 0.25) is 11.8 Å². The number of urea groups is 1. The van der Waals surface area contributed by atoms with Crippen LogP contribution in [0.25, 0.3) is 0 Å². The average molecular weight is 594 g/mol. The van der Waals surface area contributed by atoms with E-state index < -0.39 is 17.9 Å². The molecule has 2 saturated heterocycles. The third-order valence-corrected chi connectivity index (χ3v) is 10.8. The average Bonchev–Trinajstić information content (AvgIpc) is 3.98. The van der Waals surface area contributed by atoms with Gasteiger partial charge in [-0.05, 0) is 73.8 Å². The first-order valence-corrected chi connectivity index (χ1v) is 16.9. The van der Waals surface area contributed by atoms with Gasteiger partial charge in [0.1, 0.15) is 0 Å². The highest BCUT2D eigenvalue weighted by atomic mass is 16.2. The molecule has 9 heteroatoms. The van der Waals surface area contributed by atoms with Gasteiger partial charge in [-0.25, -0.2) is 4.79 Å². The Bertz CT molecular complexity index is 1170. The summed E-state index contributed by atoms with van der Waals surface area (Å²) in [6.45, 7) is 3.13. The minimum Gasteiger partial charge on any atom is -0.352 e. The van der Waals surface area contributed by atoms with E-state index in [4.69, 9.17) is 7.10 Å². The first kappa shape index (κ1) is 29.1. The van der Waals surface area contributed by atoms with Gasteiger partial charge < -0.3 is 31.5 Å². The molecule has 5 fully saturated rings. The summed E-state index contributed by atoms with van der Waals surface area (Å²) in [4.78, 5) is 44.9. The molecule has 1 spiro atoms. The van der Waals surface area contributed by atoms with Gasteiger partial charge in [0.15, 0.2) is 0 Å².